The van der Waals surface area contributed by atoms with Gasteiger partial charge in [-0.25, -0.2) is 0 Å². The molecular weight excluding hydrogens is 373 g/mol. The van der Waals surface area contributed by atoms with Crippen molar-refractivity contribution in [2.75, 3.05) is 20.8 Å². The number of carbonyl (C=O) groups excluding carboxylic acids is 1. The summed E-state index contributed by atoms with van der Waals surface area (Å²) in [5.74, 6) is 0.826. The van der Waals surface area contributed by atoms with Gasteiger partial charge in [0.1, 0.15) is 0 Å². The maximum Gasteiger partial charge on any atom is 0.254 e. The average molecular weight is 394 g/mol. The first-order valence-electron chi connectivity index (χ1n) is 8.51. The third kappa shape index (κ3) is 3.76. The lowest BCUT2D eigenvalue weighted by Crippen LogP contribution is -2.36. The number of benzene rings is 2. The van der Waals surface area contributed by atoms with Crippen molar-refractivity contribution in [1.82, 2.24) is 4.90 Å². The fraction of sp³-hybridized carbons (Fsp3) is 0.350. The summed E-state index contributed by atoms with van der Waals surface area (Å²) in [5.41, 5.74) is 1.56. The van der Waals surface area contributed by atoms with Crippen molar-refractivity contribution in [2.45, 2.75) is 25.3 Å². The number of methoxy groups -OCH3 is 2. The van der Waals surface area contributed by atoms with Crippen LogP contribution in [0.3, 0.4) is 0 Å². The average Bonchev–Trinajstić information content (AvgIpc) is 3.10. The highest BCUT2D eigenvalue weighted by Crippen LogP contribution is 2.37. The summed E-state index contributed by atoms with van der Waals surface area (Å²) in [6, 6.07) is 11.2. The molecule has 1 amide bonds. The normalized spacial score (nSPS) is 16.6. The Balaban J connectivity index is 1.84. The zero-order chi connectivity index (χ0) is 18.7. The van der Waals surface area contributed by atoms with Crippen LogP contribution in [-0.4, -0.2) is 37.6 Å². The van der Waals surface area contributed by atoms with E-state index < -0.39 is 0 Å². The summed E-state index contributed by atoms with van der Waals surface area (Å²) < 4.78 is 10.6. The number of amides is 1. The molecular formula is C20H21Cl2NO3. The minimum atomic E-state index is -0.0533. The van der Waals surface area contributed by atoms with Gasteiger partial charge in [-0.3, -0.25) is 4.79 Å². The quantitative estimate of drug-likeness (QED) is 0.727. The van der Waals surface area contributed by atoms with Gasteiger partial charge in [-0.05, 0) is 43.0 Å². The first kappa shape index (κ1) is 18.9. The first-order valence-corrected chi connectivity index (χ1v) is 9.26. The van der Waals surface area contributed by atoms with Crippen LogP contribution in [0.4, 0.5) is 0 Å². The summed E-state index contributed by atoms with van der Waals surface area (Å²) in [7, 11) is 3.05. The van der Waals surface area contributed by atoms with E-state index in [2.05, 4.69) is 0 Å². The highest BCUT2D eigenvalue weighted by Gasteiger charge is 2.30. The second-order valence-electron chi connectivity index (χ2n) is 6.28. The molecule has 6 heteroatoms. The lowest BCUT2D eigenvalue weighted by molar-refractivity contribution is 0.0736. The van der Waals surface area contributed by atoms with Crippen LogP contribution >= 0.6 is 23.2 Å². The smallest absolute Gasteiger partial charge is 0.254 e. The monoisotopic (exact) mass is 393 g/mol. The largest absolute Gasteiger partial charge is 0.493 e. The van der Waals surface area contributed by atoms with Crippen molar-refractivity contribution in [1.29, 1.82) is 0 Å². The van der Waals surface area contributed by atoms with E-state index in [1.807, 2.05) is 29.2 Å². The molecule has 1 fully saturated rings. The van der Waals surface area contributed by atoms with E-state index in [-0.39, 0.29) is 11.9 Å². The molecule has 0 spiro atoms. The van der Waals surface area contributed by atoms with Crippen LogP contribution < -0.4 is 9.47 Å². The van der Waals surface area contributed by atoms with Gasteiger partial charge in [0.15, 0.2) is 11.5 Å². The van der Waals surface area contributed by atoms with Gasteiger partial charge in [0.2, 0.25) is 0 Å². The summed E-state index contributed by atoms with van der Waals surface area (Å²) >= 11 is 12.5. The Kier molecular flexibility index (Phi) is 5.94. The second kappa shape index (κ2) is 8.19. The van der Waals surface area contributed by atoms with E-state index in [1.54, 1.807) is 12.1 Å². The molecule has 0 aromatic heterocycles. The standard InChI is InChI=1S/C20H21Cl2NO3/c1-25-18-12-14(11-17(22)19(18)26-2)20(24)23-9-5-7-15(23)10-13-6-3-4-8-16(13)21/h3-4,6,8,11-12,15H,5,7,9-10H2,1-2H3. The highest BCUT2D eigenvalue weighted by atomic mass is 35.5. The third-order valence-electron chi connectivity index (χ3n) is 4.73. The van der Waals surface area contributed by atoms with Gasteiger partial charge in [-0.1, -0.05) is 41.4 Å². The van der Waals surface area contributed by atoms with Gasteiger partial charge in [0.05, 0.1) is 19.2 Å². The van der Waals surface area contributed by atoms with Crippen LogP contribution in [0.25, 0.3) is 0 Å². The lowest BCUT2D eigenvalue weighted by atomic mass is 10.0. The SMILES string of the molecule is COc1cc(C(=O)N2CCCC2Cc2ccccc2Cl)cc(Cl)c1OC. The number of carbonyl (C=O) groups is 1. The molecule has 1 unspecified atom stereocenters. The number of halogens is 2. The third-order valence-corrected chi connectivity index (χ3v) is 5.38. The van der Waals surface area contributed by atoms with Gasteiger partial charge >= 0.3 is 0 Å². The van der Waals surface area contributed by atoms with Crippen molar-refractivity contribution in [3.05, 3.63) is 57.6 Å². The molecule has 2 aromatic rings. The number of nitrogens with zero attached hydrogens (tertiary/aromatic N) is 1. The summed E-state index contributed by atoms with van der Waals surface area (Å²) in [6.07, 6.45) is 2.67. The van der Waals surface area contributed by atoms with E-state index in [1.165, 1.54) is 14.2 Å². The molecule has 1 aliphatic heterocycles. The number of hydrogen-bond acceptors (Lipinski definition) is 3. The zero-order valence-electron chi connectivity index (χ0n) is 14.8. The molecule has 1 atom stereocenters. The summed E-state index contributed by atoms with van der Waals surface area (Å²) in [5, 5.41) is 1.10. The van der Waals surface area contributed by atoms with Gasteiger partial charge in [0, 0.05) is 23.2 Å². The molecule has 1 saturated heterocycles. The molecule has 2 aromatic carbocycles. The lowest BCUT2D eigenvalue weighted by Gasteiger charge is -2.26. The molecule has 0 aliphatic carbocycles. The Hall–Kier alpha value is -1.91. The fourth-order valence-electron chi connectivity index (χ4n) is 3.44. The van der Waals surface area contributed by atoms with E-state index in [9.17, 15) is 4.79 Å². The van der Waals surface area contributed by atoms with Crippen molar-refractivity contribution < 1.29 is 14.3 Å². The molecule has 1 heterocycles. The van der Waals surface area contributed by atoms with Crippen LogP contribution in [0.15, 0.2) is 36.4 Å². The van der Waals surface area contributed by atoms with Crippen LogP contribution in [0.5, 0.6) is 11.5 Å². The Morgan fingerprint density at radius 3 is 2.62 bits per heavy atom. The minimum absolute atomic E-state index is 0.0533. The Morgan fingerprint density at radius 1 is 1.15 bits per heavy atom. The van der Waals surface area contributed by atoms with E-state index in [0.29, 0.717) is 22.1 Å². The van der Waals surface area contributed by atoms with Crippen LogP contribution in [0, 0.1) is 0 Å². The molecule has 0 bridgehead atoms. The predicted octanol–water partition coefficient (Wildman–Crippen LogP) is 4.86. The van der Waals surface area contributed by atoms with Crippen molar-refractivity contribution in [2.24, 2.45) is 0 Å². The second-order valence-corrected chi connectivity index (χ2v) is 7.10. The number of hydrogen-bond donors (Lipinski definition) is 0. The molecule has 1 aliphatic rings. The Labute approximate surface area is 163 Å². The summed E-state index contributed by atoms with van der Waals surface area (Å²) in [4.78, 5) is 15.0. The maximum atomic E-state index is 13.1. The molecule has 3 rings (SSSR count). The van der Waals surface area contributed by atoms with Gasteiger partial charge in [-0.2, -0.15) is 0 Å². The Morgan fingerprint density at radius 2 is 1.92 bits per heavy atom. The molecule has 4 nitrogen and oxygen atoms in total. The van der Waals surface area contributed by atoms with Crippen molar-refractivity contribution in [3.8, 4) is 11.5 Å². The zero-order valence-corrected chi connectivity index (χ0v) is 16.3. The fourth-order valence-corrected chi connectivity index (χ4v) is 3.94. The molecule has 0 radical (unpaired) electrons. The van der Waals surface area contributed by atoms with Crippen molar-refractivity contribution in [3.63, 3.8) is 0 Å². The number of rotatable bonds is 5. The minimum Gasteiger partial charge on any atom is -0.493 e. The topological polar surface area (TPSA) is 38.8 Å². The van der Waals surface area contributed by atoms with Gasteiger partial charge in [0.25, 0.3) is 5.91 Å². The predicted molar refractivity (Wildman–Crippen MR) is 104 cm³/mol. The van der Waals surface area contributed by atoms with Gasteiger partial charge in [-0.15, -0.1) is 0 Å². The molecule has 0 N–H and O–H groups in total. The van der Waals surface area contributed by atoms with E-state index in [0.717, 1.165) is 36.4 Å². The van der Waals surface area contributed by atoms with E-state index in [4.69, 9.17) is 32.7 Å². The van der Waals surface area contributed by atoms with Crippen LogP contribution in [-0.2, 0) is 6.42 Å². The molecule has 138 valence electrons. The van der Waals surface area contributed by atoms with Crippen molar-refractivity contribution >= 4 is 29.1 Å². The summed E-state index contributed by atoms with van der Waals surface area (Å²) in [6.45, 7) is 0.722. The molecule has 0 saturated carbocycles. The Bertz CT molecular complexity index is 810. The van der Waals surface area contributed by atoms with Crippen LogP contribution in [0.1, 0.15) is 28.8 Å². The highest BCUT2D eigenvalue weighted by molar-refractivity contribution is 6.32. The number of likely N-dealkylation sites (tertiary alicyclic amines) is 1. The first-order chi connectivity index (χ1) is 12.5. The van der Waals surface area contributed by atoms with Gasteiger partial charge < -0.3 is 14.4 Å². The van der Waals surface area contributed by atoms with Crippen LogP contribution in [0.2, 0.25) is 10.0 Å². The molecule has 26 heavy (non-hydrogen) atoms. The maximum absolute atomic E-state index is 13.1. The number of ether oxygens (including phenoxy) is 2. The van der Waals surface area contributed by atoms with E-state index >= 15 is 0 Å².